The fourth-order valence-electron chi connectivity index (χ4n) is 2.70. The molecule has 4 heteroatoms. The molecule has 0 aliphatic heterocycles. The van der Waals surface area contributed by atoms with E-state index >= 15 is 0 Å². The number of nitrogens with one attached hydrogen (secondary N) is 1. The van der Waals surface area contributed by atoms with Crippen molar-refractivity contribution in [3.63, 3.8) is 0 Å². The van der Waals surface area contributed by atoms with E-state index in [-0.39, 0.29) is 5.41 Å². The van der Waals surface area contributed by atoms with Crippen LogP contribution in [0.15, 0.2) is 4.52 Å². The Hall–Kier alpha value is -0.900. The first kappa shape index (κ1) is 12.6. The summed E-state index contributed by atoms with van der Waals surface area (Å²) in [6, 6.07) is 0.390. The lowest BCUT2D eigenvalue weighted by Crippen LogP contribution is -2.24. The molecule has 1 heterocycles. The van der Waals surface area contributed by atoms with Gasteiger partial charge in [-0.15, -0.1) is 0 Å². The summed E-state index contributed by atoms with van der Waals surface area (Å²) in [5, 5.41) is 7.31. The van der Waals surface area contributed by atoms with E-state index in [4.69, 9.17) is 4.52 Å². The van der Waals surface area contributed by atoms with Crippen LogP contribution >= 0.6 is 0 Å². The lowest BCUT2D eigenvalue weighted by Gasteiger charge is -2.21. The molecule has 17 heavy (non-hydrogen) atoms. The molecule has 0 bridgehead atoms. The van der Waals surface area contributed by atoms with Crippen LogP contribution in [-0.4, -0.2) is 23.2 Å². The Morgan fingerprint density at radius 2 is 2.12 bits per heavy atom. The number of rotatable bonds is 5. The van der Waals surface area contributed by atoms with Gasteiger partial charge in [-0.1, -0.05) is 24.9 Å². The summed E-state index contributed by atoms with van der Waals surface area (Å²) >= 11 is 0. The second-order valence-corrected chi connectivity index (χ2v) is 5.25. The maximum absolute atomic E-state index is 5.50. The molecule has 0 aromatic carbocycles. The average molecular weight is 237 g/mol. The molecule has 1 aliphatic rings. The van der Waals surface area contributed by atoms with Crippen molar-refractivity contribution in [3.05, 3.63) is 11.7 Å². The van der Waals surface area contributed by atoms with Gasteiger partial charge in [-0.3, -0.25) is 0 Å². The van der Waals surface area contributed by atoms with Crippen LogP contribution in [0, 0.1) is 0 Å². The smallest absolute Gasteiger partial charge is 0.232 e. The third-order valence-electron chi connectivity index (χ3n) is 4.14. The summed E-state index contributed by atoms with van der Waals surface area (Å²) in [5.74, 6) is 1.71. The summed E-state index contributed by atoms with van der Waals surface area (Å²) in [4.78, 5) is 4.61. The van der Waals surface area contributed by atoms with Gasteiger partial charge in [0.25, 0.3) is 0 Å². The molecule has 0 amide bonds. The van der Waals surface area contributed by atoms with Crippen molar-refractivity contribution >= 4 is 0 Å². The van der Waals surface area contributed by atoms with Gasteiger partial charge in [-0.05, 0) is 33.2 Å². The van der Waals surface area contributed by atoms with E-state index in [2.05, 4.69) is 29.3 Å². The first-order valence-electron chi connectivity index (χ1n) is 6.70. The lowest BCUT2D eigenvalue weighted by molar-refractivity contribution is 0.271. The molecule has 0 radical (unpaired) electrons. The van der Waals surface area contributed by atoms with E-state index in [1.807, 2.05) is 7.05 Å². The van der Waals surface area contributed by atoms with Gasteiger partial charge in [0.05, 0.1) is 0 Å². The van der Waals surface area contributed by atoms with Crippen molar-refractivity contribution in [3.8, 4) is 0 Å². The Balaban J connectivity index is 2.11. The predicted octanol–water partition coefficient (Wildman–Crippen LogP) is 2.44. The number of likely N-dealkylation sites (N-methyl/N-ethyl adjacent to an activating group) is 1. The third kappa shape index (κ3) is 2.51. The summed E-state index contributed by atoms with van der Waals surface area (Å²) in [6.45, 7) is 4.35. The zero-order chi connectivity index (χ0) is 12.3. The maximum Gasteiger partial charge on any atom is 0.232 e. The molecule has 96 valence electrons. The Morgan fingerprint density at radius 1 is 1.41 bits per heavy atom. The van der Waals surface area contributed by atoms with Gasteiger partial charge >= 0.3 is 0 Å². The van der Waals surface area contributed by atoms with E-state index < -0.39 is 0 Å². The second-order valence-electron chi connectivity index (χ2n) is 5.25. The average Bonchev–Trinajstić information content (AvgIpc) is 2.97. The molecule has 1 N–H and O–H groups in total. The highest BCUT2D eigenvalue weighted by Gasteiger charge is 2.39. The van der Waals surface area contributed by atoms with Crippen molar-refractivity contribution in [2.45, 2.75) is 63.8 Å². The highest BCUT2D eigenvalue weighted by atomic mass is 16.5. The molecule has 1 fully saturated rings. The quantitative estimate of drug-likeness (QED) is 0.854. The zero-order valence-corrected chi connectivity index (χ0v) is 11.1. The largest absolute Gasteiger partial charge is 0.339 e. The lowest BCUT2D eigenvalue weighted by atomic mass is 9.83. The standard InChI is InChI=1S/C13H23N3O/c1-4-13(7-5-6-8-13)12-15-11(16-17-12)9-10(2)14-3/h10,14H,4-9H2,1-3H3. The van der Waals surface area contributed by atoms with E-state index in [1.54, 1.807) is 0 Å². The molecule has 0 spiro atoms. The normalized spacial score (nSPS) is 20.6. The molecule has 1 aromatic rings. The number of hydrogen-bond acceptors (Lipinski definition) is 4. The van der Waals surface area contributed by atoms with E-state index in [9.17, 15) is 0 Å². The molecule has 1 unspecified atom stereocenters. The van der Waals surface area contributed by atoms with Gasteiger partial charge in [-0.25, -0.2) is 0 Å². The molecular formula is C13H23N3O. The minimum absolute atomic E-state index is 0.175. The molecule has 1 saturated carbocycles. The first-order valence-corrected chi connectivity index (χ1v) is 6.70. The van der Waals surface area contributed by atoms with Crippen molar-refractivity contribution in [1.29, 1.82) is 0 Å². The number of nitrogens with zero attached hydrogens (tertiary/aromatic N) is 2. The molecular weight excluding hydrogens is 214 g/mol. The number of aromatic nitrogens is 2. The Bertz CT molecular complexity index is 355. The van der Waals surface area contributed by atoms with E-state index in [0.29, 0.717) is 6.04 Å². The summed E-state index contributed by atoms with van der Waals surface area (Å²) < 4.78 is 5.50. The molecule has 1 atom stereocenters. The summed E-state index contributed by atoms with van der Waals surface area (Å²) in [7, 11) is 1.95. The molecule has 2 rings (SSSR count). The van der Waals surface area contributed by atoms with Gasteiger partial charge in [-0.2, -0.15) is 4.98 Å². The number of hydrogen-bond donors (Lipinski definition) is 1. The SMILES string of the molecule is CCC1(c2nc(CC(C)NC)no2)CCCC1. The highest BCUT2D eigenvalue weighted by Crippen LogP contribution is 2.42. The predicted molar refractivity (Wildman–Crippen MR) is 67.0 cm³/mol. The Labute approximate surface area is 103 Å². The monoisotopic (exact) mass is 237 g/mol. The fraction of sp³-hybridized carbons (Fsp3) is 0.846. The van der Waals surface area contributed by atoms with Crippen LogP contribution in [0.25, 0.3) is 0 Å². The molecule has 1 aliphatic carbocycles. The first-order chi connectivity index (χ1) is 8.20. The molecule has 0 saturated heterocycles. The fourth-order valence-corrected chi connectivity index (χ4v) is 2.70. The Morgan fingerprint density at radius 3 is 2.71 bits per heavy atom. The van der Waals surface area contributed by atoms with Gasteiger partial charge in [0.15, 0.2) is 5.82 Å². The van der Waals surface area contributed by atoms with Crippen LogP contribution in [0.1, 0.15) is 57.7 Å². The van der Waals surface area contributed by atoms with Crippen LogP contribution in [0.4, 0.5) is 0 Å². The summed E-state index contributed by atoms with van der Waals surface area (Å²) in [5.41, 5.74) is 0.175. The Kier molecular flexibility index (Phi) is 3.82. The minimum atomic E-state index is 0.175. The van der Waals surface area contributed by atoms with Crippen LogP contribution in [0.2, 0.25) is 0 Å². The van der Waals surface area contributed by atoms with Crippen LogP contribution < -0.4 is 5.32 Å². The topological polar surface area (TPSA) is 51.0 Å². The van der Waals surface area contributed by atoms with Crippen LogP contribution in [0.5, 0.6) is 0 Å². The van der Waals surface area contributed by atoms with Crippen molar-refractivity contribution < 1.29 is 4.52 Å². The molecule has 1 aromatic heterocycles. The maximum atomic E-state index is 5.50. The van der Waals surface area contributed by atoms with Crippen molar-refractivity contribution in [2.75, 3.05) is 7.05 Å². The third-order valence-corrected chi connectivity index (χ3v) is 4.14. The second kappa shape index (κ2) is 5.17. The zero-order valence-electron chi connectivity index (χ0n) is 11.1. The van der Waals surface area contributed by atoms with Gasteiger partial charge in [0.2, 0.25) is 5.89 Å². The van der Waals surface area contributed by atoms with Crippen LogP contribution in [-0.2, 0) is 11.8 Å². The van der Waals surface area contributed by atoms with E-state index in [0.717, 1.165) is 24.6 Å². The minimum Gasteiger partial charge on any atom is -0.339 e. The van der Waals surface area contributed by atoms with Crippen molar-refractivity contribution in [2.24, 2.45) is 0 Å². The van der Waals surface area contributed by atoms with Gasteiger partial charge in [0.1, 0.15) is 0 Å². The molecule has 4 nitrogen and oxygen atoms in total. The van der Waals surface area contributed by atoms with Gasteiger partial charge in [0, 0.05) is 17.9 Å². The van der Waals surface area contributed by atoms with E-state index in [1.165, 1.54) is 25.7 Å². The van der Waals surface area contributed by atoms with Gasteiger partial charge < -0.3 is 9.84 Å². The van der Waals surface area contributed by atoms with Crippen LogP contribution in [0.3, 0.4) is 0 Å². The summed E-state index contributed by atoms with van der Waals surface area (Å²) in [6.07, 6.45) is 6.92. The van der Waals surface area contributed by atoms with Crippen molar-refractivity contribution in [1.82, 2.24) is 15.5 Å². The highest BCUT2D eigenvalue weighted by molar-refractivity contribution is 5.08.